The van der Waals surface area contributed by atoms with Crippen molar-refractivity contribution < 1.29 is 14.6 Å². The standard InChI is InChI=1S/C19H17NO3/c20-14-17(19(21)22)13-16-8-10-18(11-9-16)23-12-4-7-15-5-2-1-3-6-15/h1-3,5-6,8-11,13H,4,7,12H2,(H,21,22)/b17-13+. The Hall–Kier alpha value is -3.06. The van der Waals surface area contributed by atoms with E-state index in [2.05, 4.69) is 12.1 Å². The predicted octanol–water partition coefficient (Wildman–Crippen LogP) is 3.69. The van der Waals surface area contributed by atoms with E-state index in [1.807, 2.05) is 18.2 Å². The summed E-state index contributed by atoms with van der Waals surface area (Å²) in [4.78, 5) is 10.8. The van der Waals surface area contributed by atoms with Gasteiger partial charge in [0, 0.05) is 0 Å². The van der Waals surface area contributed by atoms with Gasteiger partial charge in [0.25, 0.3) is 0 Å². The van der Waals surface area contributed by atoms with Crippen molar-refractivity contribution in [1.82, 2.24) is 0 Å². The molecule has 0 saturated heterocycles. The maximum Gasteiger partial charge on any atom is 0.346 e. The lowest BCUT2D eigenvalue weighted by Crippen LogP contribution is -1.99. The van der Waals surface area contributed by atoms with Gasteiger partial charge >= 0.3 is 5.97 Å². The summed E-state index contributed by atoms with van der Waals surface area (Å²) >= 11 is 0. The van der Waals surface area contributed by atoms with E-state index in [0.29, 0.717) is 12.2 Å². The van der Waals surface area contributed by atoms with Gasteiger partial charge in [-0.2, -0.15) is 5.26 Å². The molecule has 23 heavy (non-hydrogen) atoms. The van der Waals surface area contributed by atoms with Gasteiger partial charge in [-0.15, -0.1) is 0 Å². The van der Waals surface area contributed by atoms with Crippen LogP contribution in [-0.2, 0) is 11.2 Å². The maximum atomic E-state index is 10.8. The van der Waals surface area contributed by atoms with Crippen molar-refractivity contribution in [3.63, 3.8) is 0 Å². The zero-order valence-corrected chi connectivity index (χ0v) is 12.6. The number of ether oxygens (including phenoxy) is 1. The lowest BCUT2D eigenvalue weighted by atomic mass is 10.1. The molecule has 2 aromatic rings. The van der Waals surface area contributed by atoms with Gasteiger partial charge in [-0.3, -0.25) is 0 Å². The minimum Gasteiger partial charge on any atom is -0.494 e. The Bertz CT molecular complexity index is 713. The van der Waals surface area contributed by atoms with Crippen LogP contribution in [0.3, 0.4) is 0 Å². The first kappa shape index (κ1) is 16.3. The third-order valence-electron chi connectivity index (χ3n) is 3.26. The molecule has 0 bridgehead atoms. The van der Waals surface area contributed by atoms with Gasteiger partial charge in [0.05, 0.1) is 6.61 Å². The molecule has 4 heteroatoms. The fraction of sp³-hybridized carbons (Fsp3) is 0.158. The van der Waals surface area contributed by atoms with E-state index in [9.17, 15) is 4.79 Å². The largest absolute Gasteiger partial charge is 0.494 e. The molecule has 2 rings (SSSR count). The first-order valence-corrected chi connectivity index (χ1v) is 7.31. The number of nitrogens with zero attached hydrogens (tertiary/aromatic N) is 1. The van der Waals surface area contributed by atoms with Crippen LogP contribution >= 0.6 is 0 Å². The van der Waals surface area contributed by atoms with Crippen molar-refractivity contribution in [3.05, 3.63) is 71.3 Å². The molecule has 0 atom stereocenters. The van der Waals surface area contributed by atoms with E-state index in [4.69, 9.17) is 15.1 Å². The Morgan fingerprint density at radius 3 is 2.43 bits per heavy atom. The Balaban J connectivity index is 1.83. The highest BCUT2D eigenvalue weighted by Gasteiger charge is 2.05. The van der Waals surface area contributed by atoms with Gasteiger partial charge in [0.2, 0.25) is 0 Å². The van der Waals surface area contributed by atoms with E-state index in [1.54, 1.807) is 30.3 Å². The average Bonchev–Trinajstić information content (AvgIpc) is 2.58. The van der Waals surface area contributed by atoms with Crippen molar-refractivity contribution in [2.75, 3.05) is 6.61 Å². The molecule has 4 nitrogen and oxygen atoms in total. The highest BCUT2D eigenvalue weighted by molar-refractivity contribution is 5.96. The minimum absolute atomic E-state index is 0.290. The molecule has 0 heterocycles. The van der Waals surface area contributed by atoms with E-state index in [-0.39, 0.29) is 5.57 Å². The third-order valence-corrected chi connectivity index (χ3v) is 3.26. The Kier molecular flexibility index (Phi) is 5.96. The van der Waals surface area contributed by atoms with Crippen molar-refractivity contribution in [2.24, 2.45) is 0 Å². The average molecular weight is 307 g/mol. The van der Waals surface area contributed by atoms with Gasteiger partial charge in [0.1, 0.15) is 17.4 Å². The molecule has 0 radical (unpaired) electrons. The highest BCUT2D eigenvalue weighted by Crippen LogP contribution is 2.15. The van der Waals surface area contributed by atoms with E-state index in [0.717, 1.165) is 18.6 Å². The number of hydrogen-bond donors (Lipinski definition) is 1. The molecular weight excluding hydrogens is 290 g/mol. The SMILES string of the molecule is N#C/C(=C\c1ccc(OCCCc2ccccc2)cc1)C(=O)O. The van der Waals surface area contributed by atoms with Crippen LogP contribution in [0.1, 0.15) is 17.5 Å². The topological polar surface area (TPSA) is 70.3 Å². The molecule has 1 N–H and O–H groups in total. The first-order chi connectivity index (χ1) is 11.2. The van der Waals surface area contributed by atoms with Crippen molar-refractivity contribution in [1.29, 1.82) is 5.26 Å². The van der Waals surface area contributed by atoms with E-state index < -0.39 is 5.97 Å². The summed E-state index contributed by atoms with van der Waals surface area (Å²) in [5.41, 5.74) is 1.65. The summed E-state index contributed by atoms with van der Waals surface area (Å²) in [6.07, 6.45) is 3.22. The number of rotatable bonds is 7. The van der Waals surface area contributed by atoms with Crippen LogP contribution < -0.4 is 4.74 Å². The molecule has 0 unspecified atom stereocenters. The van der Waals surface area contributed by atoms with Gasteiger partial charge in [-0.05, 0) is 42.2 Å². The second kappa shape index (κ2) is 8.40. The smallest absolute Gasteiger partial charge is 0.346 e. The highest BCUT2D eigenvalue weighted by atomic mass is 16.5. The molecule has 0 aliphatic rings. The van der Waals surface area contributed by atoms with Crippen molar-refractivity contribution >= 4 is 12.0 Å². The summed E-state index contributed by atoms with van der Waals surface area (Å²) in [5, 5.41) is 17.5. The third kappa shape index (κ3) is 5.33. The van der Waals surface area contributed by atoms with Crippen LogP contribution in [-0.4, -0.2) is 17.7 Å². The molecule has 0 aliphatic heterocycles. The molecule has 0 aliphatic carbocycles. The predicted molar refractivity (Wildman–Crippen MR) is 87.9 cm³/mol. The number of benzene rings is 2. The fourth-order valence-corrected chi connectivity index (χ4v) is 2.08. The van der Waals surface area contributed by atoms with Gasteiger partial charge in [-0.1, -0.05) is 42.5 Å². The van der Waals surface area contributed by atoms with Crippen LogP contribution in [0.15, 0.2) is 60.2 Å². The minimum atomic E-state index is -1.23. The zero-order valence-electron chi connectivity index (χ0n) is 12.6. The van der Waals surface area contributed by atoms with Crippen molar-refractivity contribution in [2.45, 2.75) is 12.8 Å². The Morgan fingerprint density at radius 1 is 1.13 bits per heavy atom. The summed E-state index contributed by atoms with van der Waals surface area (Å²) in [5.74, 6) is -0.502. The van der Waals surface area contributed by atoms with Crippen LogP contribution in [0.5, 0.6) is 5.75 Å². The number of hydrogen-bond acceptors (Lipinski definition) is 3. The van der Waals surface area contributed by atoms with Gasteiger partial charge in [0.15, 0.2) is 0 Å². The molecule has 116 valence electrons. The summed E-state index contributed by atoms with van der Waals surface area (Å²) < 4.78 is 5.66. The van der Waals surface area contributed by atoms with Gasteiger partial charge in [-0.25, -0.2) is 4.79 Å². The molecule has 2 aromatic carbocycles. The summed E-state index contributed by atoms with van der Waals surface area (Å²) in [6.45, 7) is 0.614. The van der Waals surface area contributed by atoms with E-state index >= 15 is 0 Å². The quantitative estimate of drug-likeness (QED) is 0.481. The molecule has 0 aromatic heterocycles. The molecule has 0 fully saturated rings. The Morgan fingerprint density at radius 2 is 1.83 bits per heavy atom. The van der Waals surface area contributed by atoms with Crippen LogP contribution in [0.25, 0.3) is 6.08 Å². The maximum absolute atomic E-state index is 10.8. The number of aliphatic carboxylic acids is 1. The fourth-order valence-electron chi connectivity index (χ4n) is 2.08. The molecule has 0 spiro atoms. The Labute approximate surface area is 135 Å². The van der Waals surface area contributed by atoms with Crippen LogP contribution in [0, 0.1) is 11.3 Å². The number of carboxylic acids is 1. The van der Waals surface area contributed by atoms with Gasteiger partial charge < -0.3 is 9.84 Å². The van der Waals surface area contributed by atoms with Crippen LogP contribution in [0.4, 0.5) is 0 Å². The summed E-state index contributed by atoms with van der Waals surface area (Å²) in [6, 6.07) is 18.9. The summed E-state index contributed by atoms with van der Waals surface area (Å²) in [7, 11) is 0. The zero-order chi connectivity index (χ0) is 16.5. The normalized spacial score (nSPS) is 10.8. The van der Waals surface area contributed by atoms with E-state index in [1.165, 1.54) is 11.6 Å². The number of aryl methyl sites for hydroxylation is 1. The number of carboxylic acid groups (broad SMARTS) is 1. The first-order valence-electron chi connectivity index (χ1n) is 7.31. The second-order valence-corrected chi connectivity index (χ2v) is 4.98. The second-order valence-electron chi connectivity index (χ2n) is 4.98. The lowest BCUT2D eigenvalue weighted by Gasteiger charge is -2.06. The van der Waals surface area contributed by atoms with Crippen LogP contribution in [0.2, 0.25) is 0 Å². The molecular formula is C19H17NO3. The number of carbonyl (C=O) groups is 1. The monoisotopic (exact) mass is 307 g/mol. The molecule has 0 amide bonds. The lowest BCUT2D eigenvalue weighted by molar-refractivity contribution is -0.132. The number of nitriles is 1. The van der Waals surface area contributed by atoms with Crippen molar-refractivity contribution in [3.8, 4) is 11.8 Å². The molecule has 0 saturated carbocycles.